The van der Waals surface area contributed by atoms with E-state index in [9.17, 15) is 0 Å². The molecule has 0 radical (unpaired) electrons. The Morgan fingerprint density at radius 1 is 1.36 bits per heavy atom. The second-order valence-corrected chi connectivity index (χ2v) is 2.41. The van der Waals surface area contributed by atoms with Crippen LogP contribution in [0.15, 0.2) is 0 Å². The number of nitrogens with one attached hydrogen (secondary N) is 1. The monoisotopic (exact) mass is 161 g/mol. The first-order valence-electron chi connectivity index (χ1n) is 4.66. The van der Waals surface area contributed by atoms with Gasteiger partial charge in [0.2, 0.25) is 0 Å². The van der Waals surface area contributed by atoms with Gasteiger partial charge in [0.1, 0.15) is 0 Å². The molecule has 0 heterocycles. The molecule has 0 spiro atoms. The maximum Gasteiger partial charge on any atom is 0.0636 e. The van der Waals surface area contributed by atoms with Crippen LogP contribution in [0.25, 0.3) is 0 Å². The second-order valence-electron chi connectivity index (χ2n) is 2.41. The van der Waals surface area contributed by atoms with Gasteiger partial charge in [-0.05, 0) is 19.9 Å². The van der Waals surface area contributed by atoms with E-state index in [1.165, 1.54) is 12.8 Å². The molecule has 2 nitrogen and oxygen atoms in total. The van der Waals surface area contributed by atoms with E-state index in [1.54, 1.807) is 6.92 Å². The van der Waals surface area contributed by atoms with Crippen LogP contribution in [0.3, 0.4) is 0 Å². The first kappa shape index (κ1) is 13.5. The molecule has 0 saturated carbocycles. The smallest absolute Gasteiger partial charge is 0.0636 e. The van der Waals surface area contributed by atoms with Crippen molar-refractivity contribution < 1.29 is 5.11 Å². The predicted molar refractivity (Wildman–Crippen MR) is 50.8 cm³/mol. The van der Waals surface area contributed by atoms with E-state index in [0.717, 1.165) is 13.1 Å². The molecule has 0 bridgehead atoms. The SMILES string of the molecule is CC.CCCCNCC(C)O. The van der Waals surface area contributed by atoms with Crippen molar-refractivity contribution in [2.24, 2.45) is 0 Å². The minimum atomic E-state index is -0.207. The number of rotatable bonds is 5. The maximum absolute atomic E-state index is 8.79. The highest BCUT2D eigenvalue weighted by molar-refractivity contribution is 4.51. The van der Waals surface area contributed by atoms with Crippen LogP contribution in [-0.4, -0.2) is 24.3 Å². The number of hydrogen-bond acceptors (Lipinski definition) is 2. The summed E-state index contributed by atoms with van der Waals surface area (Å²) >= 11 is 0. The summed E-state index contributed by atoms with van der Waals surface area (Å²) in [6.45, 7) is 9.70. The van der Waals surface area contributed by atoms with Gasteiger partial charge in [-0.2, -0.15) is 0 Å². The van der Waals surface area contributed by atoms with Gasteiger partial charge < -0.3 is 10.4 Å². The fourth-order valence-electron chi connectivity index (χ4n) is 0.613. The van der Waals surface area contributed by atoms with Crippen molar-refractivity contribution in [1.82, 2.24) is 5.32 Å². The lowest BCUT2D eigenvalue weighted by Gasteiger charge is -2.04. The Labute approximate surface area is 71.0 Å². The first-order chi connectivity index (χ1) is 5.27. The molecule has 0 aromatic heterocycles. The second kappa shape index (κ2) is 12.6. The molecular weight excluding hydrogens is 138 g/mol. The molecule has 70 valence electrons. The van der Waals surface area contributed by atoms with Gasteiger partial charge in [-0.3, -0.25) is 0 Å². The molecule has 0 saturated heterocycles. The van der Waals surface area contributed by atoms with E-state index in [4.69, 9.17) is 5.11 Å². The number of hydrogen-bond donors (Lipinski definition) is 2. The van der Waals surface area contributed by atoms with Crippen LogP contribution < -0.4 is 5.32 Å². The Morgan fingerprint density at radius 3 is 2.27 bits per heavy atom. The first-order valence-corrected chi connectivity index (χ1v) is 4.66. The van der Waals surface area contributed by atoms with E-state index in [1.807, 2.05) is 13.8 Å². The lowest BCUT2D eigenvalue weighted by atomic mass is 10.3. The van der Waals surface area contributed by atoms with Crippen molar-refractivity contribution >= 4 is 0 Å². The van der Waals surface area contributed by atoms with E-state index in [0.29, 0.717) is 0 Å². The van der Waals surface area contributed by atoms with Crippen LogP contribution in [0.2, 0.25) is 0 Å². The molecular formula is C9H23NO. The summed E-state index contributed by atoms with van der Waals surface area (Å²) in [7, 11) is 0. The summed E-state index contributed by atoms with van der Waals surface area (Å²) in [6.07, 6.45) is 2.21. The number of aliphatic hydroxyl groups is 1. The Morgan fingerprint density at radius 2 is 1.91 bits per heavy atom. The van der Waals surface area contributed by atoms with E-state index < -0.39 is 0 Å². The highest BCUT2D eigenvalue weighted by Crippen LogP contribution is 1.82. The lowest BCUT2D eigenvalue weighted by molar-refractivity contribution is 0.191. The van der Waals surface area contributed by atoms with Crippen LogP contribution in [0.1, 0.15) is 40.5 Å². The zero-order valence-electron chi connectivity index (χ0n) is 8.35. The van der Waals surface area contributed by atoms with Crippen molar-refractivity contribution in [3.63, 3.8) is 0 Å². The molecule has 0 aliphatic carbocycles. The van der Waals surface area contributed by atoms with Gasteiger partial charge in [0.25, 0.3) is 0 Å². The third kappa shape index (κ3) is 17.8. The summed E-state index contributed by atoms with van der Waals surface area (Å²) in [5.74, 6) is 0. The standard InChI is InChI=1S/C7H17NO.C2H6/c1-3-4-5-8-6-7(2)9;1-2/h7-9H,3-6H2,1-2H3;1-2H3. The molecule has 2 N–H and O–H groups in total. The van der Waals surface area contributed by atoms with Gasteiger partial charge in [0.15, 0.2) is 0 Å². The van der Waals surface area contributed by atoms with Crippen LogP contribution in [0, 0.1) is 0 Å². The van der Waals surface area contributed by atoms with Gasteiger partial charge in [-0.1, -0.05) is 27.2 Å². The molecule has 1 unspecified atom stereocenters. The summed E-state index contributed by atoms with van der Waals surface area (Å²) in [4.78, 5) is 0. The highest BCUT2D eigenvalue weighted by atomic mass is 16.3. The molecule has 1 atom stereocenters. The molecule has 0 aromatic carbocycles. The van der Waals surface area contributed by atoms with Gasteiger partial charge in [0.05, 0.1) is 6.10 Å². The van der Waals surface area contributed by atoms with E-state index >= 15 is 0 Å². The largest absolute Gasteiger partial charge is 0.392 e. The average Bonchev–Trinajstić information content (AvgIpc) is 2.02. The molecule has 0 fully saturated rings. The Hall–Kier alpha value is -0.0800. The third-order valence-corrected chi connectivity index (χ3v) is 1.15. The molecule has 0 aromatic rings. The van der Waals surface area contributed by atoms with Gasteiger partial charge >= 0.3 is 0 Å². The topological polar surface area (TPSA) is 32.3 Å². The van der Waals surface area contributed by atoms with Crippen LogP contribution >= 0.6 is 0 Å². The van der Waals surface area contributed by atoms with Crippen LogP contribution in [0.4, 0.5) is 0 Å². The quantitative estimate of drug-likeness (QED) is 0.602. The van der Waals surface area contributed by atoms with Gasteiger partial charge in [0, 0.05) is 6.54 Å². The molecule has 0 rings (SSSR count). The predicted octanol–water partition coefficient (Wildman–Crippen LogP) is 1.78. The fourth-order valence-corrected chi connectivity index (χ4v) is 0.613. The van der Waals surface area contributed by atoms with Crippen LogP contribution in [-0.2, 0) is 0 Å². The normalized spacial score (nSPS) is 11.7. The van der Waals surface area contributed by atoms with Crippen LogP contribution in [0.5, 0.6) is 0 Å². The molecule has 11 heavy (non-hydrogen) atoms. The van der Waals surface area contributed by atoms with E-state index in [2.05, 4.69) is 12.2 Å². The summed E-state index contributed by atoms with van der Waals surface area (Å²) in [5, 5.41) is 11.9. The number of aliphatic hydroxyl groups excluding tert-OH is 1. The highest BCUT2D eigenvalue weighted by Gasteiger charge is 1.91. The van der Waals surface area contributed by atoms with Gasteiger partial charge in [-0.15, -0.1) is 0 Å². The van der Waals surface area contributed by atoms with Crippen molar-refractivity contribution in [3.05, 3.63) is 0 Å². The third-order valence-electron chi connectivity index (χ3n) is 1.15. The maximum atomic E-state index is 8.79. The van der Waals surface area contributed by atoms with Crippen molar-refractivity contribution in [2.75, 3.05) is 13.1 Å². The molecule has 2 heteroatoms. The van der Waals surface area contributed by atoms with Crippen molar-refractivity contribution in [1.29, 1.82) is 0 Å². The lowest BCUT2D eigenvalue weighted by Crippen LogP contribution is -2.25. The summed E-state index contributed by atoms with van der Waals surface area (Å²) < 4.78 is 0. The minimum absolute atomic E-state index is 0.207. The number of unbranched alkanes of at least 4 members (excludes halogenated alkanes) is 1. The minimum Gasteiger partial charge on any atom is -0.392 e. The van der Waals surface area contributed by atoms with E-state index in [-0.39, 0.29) is 6.10 Å². The average molecular weight is 161 g/mol. The van der Waals surface area contributed by atoms with Crippen molar-refractivity contribution in [3.8, 4) is 0 Å². The Kier molecular flexibility index (Phi) is 15.4. The summed E-state index contributed by atoms with van der Waals surface area (Å²) in [6, 6.07) is 0. The zero-order valence-corrected chi connectivity index (χ0v) is 8.35. The zero-order chi connectivity index (χ0) is 9.11. The summed E-state index contributed by atoms with van der Waals surface area (Å²) in [5.41, 5.74) is 0. The van der Waals surface area contributed by atoms with Crippen molar-refractivity contribution in [2.45, 2.75) is 46.6 Å². The van der Waals surface area contributed by atoms with Gasteiger partial charge in [-0.25, -0.2) is 0 Å². The Bertz CT molecular complexity index is 55.5. The fraction of sp³-hybridized carbons (Fsp3) is 1.00. The molecule has 0 aliphatic heterocycles. The Balaban J connectivity index is 0. The molecule has 0 amide bonds. The molecule has 0 aliphatic rings.